The van der Waals surface area contributed by atoms with Crippen molar-refractivity contribution in [2.75, 3.05) is 7.11 Å². The van der Waals surface area contributed by atoms with Crippen LogP contribution in [0.5, 0.6) is 0 Å². The summed E-state index contributed by atoms with van der Waals surface area (Å²) in [6, 6.07) is 0.501. The molecule has 2 fully saturated rings. The van der Waals surface area contributed by atoms with E-state index >= 15 is 0 Å². The third-order valence-electron chi connectivity index (χ3n) is 4.09. The summed E-state index contributed by atoms with van der Waals surface area (Å²) in [4.78, 5) is 19.7. The van der Waals surface area contributed by atoms with E-state index in [1.807, 2.05) is 6.20 Å². The molecule has 6 heteroatoms. The number of hydrogen-bond acceptors (Lipinski definition) is 5. The van der Waals surface area contributed by atoms with Gasteiger partial charge in [0, 0.05) is 23.7 Å². The molecule has 0 saturated heterocycles. The molecule has 2 saturated carbocycles. The van der Waals surface area contributed by atoms with Crippen LogP contribution < -0.4 is 5.32 Å². The molecular formula is C14H21N3O2S. The Morgan fingerprint density at radius 1 is 1.55 bits per heavy atom. The van der Waals surface area contributed by atoms with Crippen LogP contribution in [0.15, 0.2) is 17.6 Å². The van der Waals surface area contributed by atoms with E-state index in [0.717, 1.165) is 30.8 Å². The number of nitrogens with one attached hydrogen (secondary N) is 2. The second-order valence-electron chi connectivity index (χ2n) is 5.72. The number of thioether (sulfide) groups is 1. The Hall–Kier alpha value is -1.01. The summed E-state index contributed by atoms with van der Waals surface area (Å²) >= 11 is 1.73. The first-order chi connectivity index (χ1) is 9.72. The minimum atomic E-state index is -0.488. The highest BCUT2D eigenvalue weighted by Gasteiger charge is 2.46. The summed E-state index contributed by atoms with van der Waals surface area (Å²) in [5.41, 5.74) is -0.488. The van der Waals surface area contributed by atoms with Crippen LogP contribution in [-0.2, 0) is 9.53 Å². The molecule has 1 aromatic heterocycles. The summed E-state index contributed by atoms with van der Waals surface area (Å²) in [5, 5.41) is 4.88. The lowest BCUT2D eigenvalue weighted by atomic mass is 9.81. The van der Waals surface area contributed by atoms with E-state index < -0.39 is 5.54 Å². The van der Waals surface area contributed by atoms with Gasteiger partial charge in [-0.15, -0.1) is 0 Å². The molecular weight excluding hydrogens is 274 g/mol. The molecule has 2 aliphatic rings. The third kappa shape index (κ3) is 3.01. The molecule has 110 valence electrons. The molecule has 0 radical (unpaired) electrons. The number of hydrogen-bond donors (Lipinski definition) is 2. The van der Waals surface area contributed by atoms with Crippen LogP contribution in [0.4, 0.5) is 0 Å². The molecule has 0 aromatic carbocycles. The topological polar surface area (TPSA) is 67.0 Å². The quantitative estimate of drug-likeness (QED) is 0.814. The highest BCUT2D eigenvalue weighted by Crippen LogP contribution is 2.39. The third-order valence-corrected chi connectivity index (χ3v) is 5.27. The number of carbonyl (C=O) groups excluding carboxylic acids is 1. The molecule has 5 nitrogen and oxygen atoms in total. The summed E-state index contributed by atoms with van der Waals surface area (Å²) in [6.45, 7) is 0. The lowest BCUT2D eigenvalue weighted by Crippen LogP contribution is -2.56. The van der Waals surface area contributed by atoms with Crippen LogP contribution in [0, 0.1) is 0 Å². The first-order valence-corrected chi connectivity index (χ1v) is 8.12. The molecule has 0 spiro atoms. The molecule has 0 aliphatic heterocycles. The van der Waals surface area contributed by atoms with Gasteiger partial charge in [-0.3, -0.25) is 10.1 Å². The van der Waals surface area contributed by atoms with E-state index in [2.05, 4.69) is 15.3 Å². The van der Waals surface area contributed by atoms with Crippen LogP contribution in [0.1, 0.15) is 38.5 Å². The summed E-state index contributed by atoms with van der Waals surface area (Å²) in [6.07, 6.45) is 9.82. The number of rotatable bonds is 5. The van der Waals surface area contributed by atoms with Gasteiger partial charge < -0.3 is 9.72 Å². The normalized spacial score (nSPS) is 30.1. The highest BCUT2D eigenvalue weighted by atomic mass is 32.2. The Kier molecular flexibility index (Phi) is 4.03. The van der Waals surface area contributed by atoms with Gasteiger partial charge in [0.1, 0.15) is 5.54 Å². The van der Waals surface area contributed by atoms with Crippen molar-refractivity contribution in [3.63, 3.8) is 0 Å². The number of imidazole rings is 1. The summed E-state index contributed by atoms with van der Waals surface area (Å²) < 4.78 is 5.07. The number of carbonyl (C=O) groups is 1. The molecule has 2 unspecified atom stereocenters. The molecule has 1 aromatic rings. The lowest BCUT2D eigenvalue weighted by molar-refractivity contribution is -0.150. The van der Waals surface area contributed by atoms with Gasteiger partial charge in [0.25, 0.3) is 0 Å². The maximum atomic E-state index is 12.3. The van der Waals surface area contributed by atoms with Gasteiger partial charge in [0.2, 0.25) is 0 Å². The van der Waals surface area contributed by atoms with Crippen LogP contribution in [0.3, 0.4) is 0 Å². The predicted octanol–water partition coefficient (Wildman–Crippen LogP) is 2.11. The van der Waals surface area contributed by atoms with Gasteiger partial charge in [-0.25, -0.2) is 4.98 Å². The maximum absolute atomic E-state index is 12.3. The van der Waals surface area contributed by atoms with Crippen molar-refractivity contribution in [2.45, 2.75) is 60.5 Å². The number of nitrogens with zero attached hydrogens (tertiary/aromatic N) is 1. The van der Waals surface area contributed by atoms with Gasteiger partial charge >= 0.3 is 5.97 Å². The van der Waals surface area contributed by atoms with Crippen molar-refractivity contribution in [1.82, 2.24) is 15.3 Å². The molecule has 1 heterocycles. The molecule has 2 atom stereocenters. The Morgan fingerprint density at radius 3 is 3.05 bits per heavy atom. The molecule has 2 aliphatic carbocycles. The minimum Gasteiger partial charge on any atom is -0.468 e. The fourth-order valence-electron chi connectivity index (χ4n) is 2.99. The fourth-order valence-corrected chi connectivity index (χ4v) is 4.21. The molecule has 3 rings (SSSR count). The van der Waals surface area contributed by atoms with Crippen LogP contribution >= 0.6 is 11.8 Å². The van der Waals surface area contributed by atoms with Crippen molar-refractivity contribution < 1.29 is 9.53 Å². The Labute approximate surface area is 123 Å². The van der Waals surface area contributed by atoms with E-state index in [1.165, 1.54) is 20.0 Å². The number of ether oxygens (including phenoxy) is 1. The van der Waals surface area contributed by atoms with Crippen molar-refractivity contribution in [2.24, 2.45) is 0 Å². The Balaban J connectivity index is 1.70. The summed E-state index contributed by atoms with van der Waals surface area (Å²) in [5.74, 6) is -0.103. The Bertz CT molecular complexity index is 461. The standard InChI is InChI=1S/C14H21N3O2S/c1-19-12(18)14(17-10-4-5-10)6-2-3-11(9-14)20-13-15-7-8-16-13/h7-8,10-11,17H,2-6,9H2,1H3,(H,15,16). The van der Waals surface area contributed by atoms with Gasteiger partial charge in [-0.05, 0) is 38.5 Å². The van der Waals surface area contributed by atoms with E-state index in [9.17, 15) is 4.79 Å². The first-order valence-electron chi connectivity index (χ1n) is 7.24. The molecule has 0 amide bonds. The second kappa shape index (κ2) is 5.77. The maximum Gasteiger partial charge on any atom is 0.326 e. The zero-order valence-corrected chi connectivity index (χ0v) is 12.5. The summed E-state index contributed by atoms with van der Waals surface area (Å²) in [7, 11) is 1.49. The number of H-pyrrole nitrogens is 1. The van der Waals surface area contributed by atoms with E-state index in [-0.39, 0.29) is 5.97 Å². The number of methoxy groups -OCH3 is 1. The largest absolute Gasteiger partial charge is 0.468 e. The minimum absolute atomic E-state index is 0.103. The van der Waals surface area contributed by atoms with Crippen molar-refractivity contribution in [1.29, 1.82) is 0 Å². The van der Waals surface area contributed by atoms with Gasteiger partial charge in [-0.2, -0.15) is 0 Å². The van der Waals surface area contributed by atoms with Crippen molar-refractivity contribution >= 4 is 17.7 Å². The van der Waals surface area contributed by atoms with Gasteiger partial charge in [0.15, 0.2) is 5.16 Å². The number of aromatic nitrogens is 2. The average molecular weight is 295 g/mol. The van der Waals surface area contributed by atoms with Gasteiger partial charge in [-0.1, -0.05) is 11.8 Å². The van der Waals surface area contributed by atoms with Crippen LogP contribution in [0.25, 0.3) is 0 Å². The zero-order valence-electron chi connectivity index (χ0n) is 11.7. The SMILES string of the molecule is COC(=O)C1(NC2CC2)CCCC(Sc2ncc[nH]2)C1. The van der Waals surface area contributed by atoms with E-state index in [1.54, 1.807) is 18.0 Å². The molecule has 20 heavy (non-hydrogen) atoms. The smallest absolute Gasteiger partial charge is 0.326 e. The molecule has 0 bridgehead atoms. The lowest BCUT2D eigenvalue weighted by Gasteiger charge is -2.39. The van der Waals surface area contributed by atoms with Crippen molar-refractivity contribution in [3.05, 3.63) is 12.4 Å². The molecule has 2 N–H and O–H groups in total. The zero-order chi connectivity index (χ0) is 14.0. The number of aromatic amines is 1. The van der Waals surface area contributed by atoms with E-state index in [0.29, 0.717) is 11.3 Å². The van der Waals surface area contributed by atoms with Crippen LogP contribution in [0.2, 0.25) is 0 Å². The second-order valence-corrected chi connectivity index (χ2v) is 7.01. The van der Waals surface area contributed by atoms with Gasteiger partial charge in [0.05, 0.1) is 7.11 Å². The fraction of sp³-hybridized carbons (Fsp3) is 0.714. The average Bonchev–Trinajstić information content (AvgIpc) is 3.11. The number of esters is 1. The first kappa shape index (κ1) is 13.9. The highest BCUT2D eigenvalue weighted by molar-refractivity contribution is 7.99. The van der Waals surface area contributed by atoms with Crippen molar-refractivity contribution in [3.8, 4) is 0 Å². The monoisotopic (exact) mass is 295 g/mol. The van der Waals surface area contributed by atoms with Crippen LogP contribution in [-0.4, -0.2) is 39.9 Å². The van der Waals surface area contributed by atoms with E-state index in [4.69, 9.17) is 4.74 Å². The predicted molar refractivity (Wildman–Crippen MR) is 77.6 cm³/mol. The Morgan fingerprint density at radius 2 is 2.40 bits per heavy atom.